The minimum Gasteiger partial charge on any atom is -0.358 e. The molecule has 3 heteroatoms. The molecule has 1 unspecified atom stereocenters. The number of nitrogens with zero attached hydrogens (tertiary/aromatic N) is 1. The molecule has 1 aromatic heterocycles. The van der Waals surface area contributed by atoms with Crippen LogP contribution in [0.25, 0.3) is 10.9 Å². The highest BCUT2D eigenvalue weighted by atomic mass is 15.1. The molecule has 19 heavy (non-hydrogen) atoms. The monoisotopic (exact) mass is 259 g/mol. The van der Waals surface area contributed by atoms with E-state index in [-0.39, 0.29) is 0 Å². The molecule has 0 saturated heterocycles. The maximum Gasteiger partial charge on any atom is 0.0459 e. The Morgan fingerprint density at radius 1 is 1.26 bits per heavy atom. The Hall–Kier alpha value is -1.32. The van der Waals surface area contributed by atoms with Gasteiger partial charge in [-0.15, -0.1) is 0 Å². The van der Waals surface area contributed by atoms with Crippen molar-refractivity contribution < 1.29 is 0 Å². The number of hydrogen-bond donors (Lipinski definition) is 2. The van der Waals surface area contributed by atoms with Crippen molar-refractivity contribution >= 4 is 10.9 Å². The smallest absolute Gasteiger partial charge is 0.0459 e. The van der Waals surface area contributed by atoms with Gasteiger partial charge in [-0.2, -0.15) is 0 Å². The van der Waals surface area contributed by atoms with Crippen LogP contribution in [0.3, 0.4) is 0 Å². The van der Waals surface area contributed by atoms with Gasteiger partial charge in [0.2, 0.25) is 0 Å². The zero-order chi connectivity index (χ0) is 13.8. The number of para-hydroxylation sites is 1. The largest absolute Gasteiger partial charge is 0.358 e. The summed E-state index contributed by atoms with van der Waals surface area (Å²) in [4.78, 5) is 5.84. The van der Waals surface area contributed by atoms with Crippen molar-refractivity contribution in [1.82, 2.24) is 15.2 Å². The number of rotatable bonds is 6. The average Bonchev–Trinajstić information content (AvgIpc) is 2.71. The SMILES string of the molecule is CNCCCC(c1c(C)[nH]c2ccccc12)N(C)C. The van der Waals surface area contributed by atoms with Crippen LogP contribution >= 0.6 is 0 Å². The van der Waals surface area contributed by atoms with Gasteiger partial charge in [0.1, 0.15) is 0 Å². The number of H-pyrrole nitrogens is 1. The maximum absolute atomic E-state index is 3.51. The van der Waals surface area contributed by atoms with Crippen molar-refractivity contribution in [3.05, 3.63) is 35.5 Å². The first-order chi connectivity index (χ1) is 9.15. The second kappa shape index (κ2) is 6.22. The van der Waals surface area contributed by atoms with E-state index >= 15 is 0 Å². The van der Waals surface area contributed by atoms with Crippen LogP contribution in [0.1, 0.15) is 30.1 Å². The summed E-state index contributed by atoms with van der Waals surface area (Å²) in [6.07, 6.45) is 2.37. The van der Waals surface area contributed by atoms with Crippen LogP contribution in [0.15, 0.2) is 24.3 Å². The molecule has 0 fully saturated rings. The predicted molar refractivity (Wildman–Crippen MR) is 82.6 cm³/mol. The number of benzene rings is 1. The zero-order valence-corrected chi connectivity index (χ0v) is 12.5. The highest BCUT2D eigenvalue weighted by Crippen LogP contribution is 2.32. The number of hydrogen-bond acceptors (Lipinski definition) is 2. The lowest BCUT2D eigenvalue weighted by atomic mass is 9.98. The molecule has 0 amide bonds. The Labute approximate surface area is 116 Å². The third kappa shape index (κ3) is 2.99. The Balaban J connectivity index is 2.35. The second-order valence-corrected chi connectivity index (χ2v) is 5.43. The third-order valence-electron chi connectivity index (χ3n) is 3.80. The fourth-order valence-electron chi connectivity index (χ4n) is 2.86. The van der Waals surface area contributed by atoms with E-state index in [1.54, 1.807) is 0 Å². The van der Waals surface area contributed by atoms with Gasteiger partial charge in [0.05, 0.1) is 0 Å². The quantitative estimate of drug-likeness (QED) is 0.781. The maximum atomic E-state index is 3.51. The topological polar surface area (TPSA) is 31.1 Å². The first-order valence-corrected chi connectivity index (χ1v) is 7.03. The van der Waals surface area contributed by atoms with Crippen LogP contribution in [0, 0.1) is 6.92 Å². The fourth-order valence-corrected chi connectivity index (χ4v) is 2.86. The second-order valence-electron chi connectivity index (χ2n) is 5.43. The van der Waals surface area contributed by atoms with Gasteiger partial charge in [-0.3, -0.25) is 0 Å². The number of nitrogens with one attached hydrogen (secondary N) is 2. The molecular weight excluding hydrogens is 234 g/mol. The molecule has 0 spiro atoms. The summed E-state index contributed by atoms with van der Waals surface area (Å²) in [6.45, 7) is 3.26. The molecule has 2 N–H and O–H groups in total. The van der Waals surface area contributed by atoms with E-state index < -0.39 is 0 Å². The van der Waals surface area contributed by atoms with Crippen LogP contribution < -0.4 is 5.32 Å². The van der Waals surface area contributed by atoms with Crippen molar-refractivity contribution in [3.8, 4) is 0 Å². The lowest BCUT2D eigenvalue weighted by Crippen LogP contribution is -2.22. The number of aromatic nitrogens is 1. The third-order valence-corrected chi connectivity index (χ3v) is 3.80. The van der Waals surface area contributed by atoms with E-state index in [2.05, 4.69) is 60.5 Å². The summed E-state index contributed by atoms with van der Waals surface area (Å²) in [5, 5.41) is 4.60. The van der Waals surface area contributed by atoms with Gasteiger partial charge >= 0.3 is 0 Å². The van der Waals surface area contributed by atoms with Crippen LogP contribution in [0.2, 0.25) is 0 Å². The summed E-state index contributed by atoms with van der Waals surface area (Å²) in [5.41, 5.74) is 4.00. The van der Waals surface area contributed by atoms with Crippen LogP contribution in [0.5, 0.6) is 0 Å². The first-order valence-electron chi connectivity index (χ1n) is 7.03. The fraction of sp³-hybridized carbons (Fsp3) is 0.500. The highest BCUT2D eigenvalue weighted by Gasteiger charge is 2.20. The van der Waals surface area contributed by atoms with E-state index in [1.807, 2.05) is 7.05 Å². The van der Waals surface area contributed by atoms with Crippen molar-refractivity contribution in [2.75, 3.05) is 27.7 Å². The number of fused-ring (bicyclic) bond motifs is 1. The Bertz CT molecular complexity index is 528. The molecule has 1 atom stereocenters. The number of aromatic amines is 1. The van der Waals surface area contributed by atoms with Crippen LogP contribution in [-0.2, 0) is 0 Å². The predicted octanol–water partition coefficient (Wildman–Crippen LogP) is 3.08. The van der Waals surface area contributed by atoms with E-state index in [9.17, 15) is 0 Å². The Kier molecular flexibility index (Phi) is 4.61. The molecular formula is C16H25N3. The summed E-state index contributed by atoms with van der Waals surface area (Å²) < 4.78 is 0. The van der Waals surface area contributed by atoms with Crippen molar-refractivity contribution in [1.29, 1.82) is 0 Å². The molecule has 0 aliphatic carbocycles. The molecule has 0 aliphatic rings. The van der Waals surface area contributed by atoms with Gasteiger partial charge in [-0.05, 0) is 59.1 Å². The molecule has 2 rings (SSSR count). The number of aryl methyl sites for hydroxylation is 1. The van der Waals surface area contributed by atoms with Crippen LogP contribution in [0.4, 0.5) is 0 Å². The minimum atomic E-state index is 0.476. The highest BCUT2D eigenvalue weighted by molar-refractivity contribution is 5.85. The minimum absolute atomic E-state index is 0.476. The van der Waals surface area contributed by atoms with E-state index in [1.165, 1.54) is 35.0 Å². The molecule has 104 valence electrons. The average molecular weight is 259 g/mol. The van der Waals surface area contributed by atoms with Crippen LogP contribution in [-0.4, -0.2) is 37.6 Å². The normalized spacial score (nSPS) is 13.3. The molecule has 0 radical (unpaired) electrons. The molecule has 1 heterocycles. The van der Waals surface area contributed by atoms with Gasteiger partial charge < -0.3 is 15.2 Å². The van der Waals surface area contributed by atoms with Gasteiger partial charge in [0, 0.05) is 22.6 Å². The first kappa shape index (κ1) is 14.1. The van der Waals surface area contributed by atoms with Crippen molar-refractivity contribution in [2.24, 2.45) is 0 Å². The molecule has 0 aliphatic heterocycles. The van der Waals surface area contributed by atoms with E-state index in [4.69, 9.17) is 0 Å². The van der Waals surface area contributed by atoms with Gasteiger partial charge in [-0.1, -0.05) is 18.2 Å². The van der Waals surface area contributed by atoms with Crippen molar-refractivity contribution in [2.45, 2.75) is 25.8 Å². The summed E-state index contributed by atoms with van der Waals surface area (Å²) in [7, 11) is 6.36. The Morgan fingerprint density at radius 2 is 2.00 bits per heavy atom. The summed E-state index contributed by atoms with van der Waals surface area (Å²) >= 11 is 0. The van der Waals surface area contributed by atoms with E-state index in [0.717, 1.165) is 6.54 Å². The molecule has 3 nitrogen and oxygen atoms in total. The van der Waals surface area contributed by atoms with Crippen molar-refractivity contribution in [3.63, 3.8) is 0 Å². The lowest BCUT2D eigenvalue weighted by Gasteiger charge is -2.25. The standard InChI is InChI=1S/C16H25N3/c1-12-16(13-8-5-6-9-14(13)18-12)15(19(3)4)10-7-11-17-2/h5-6,8-9,15,17-18H,7,10-11H2,1-4H3. The summed E-state index contributed by atoms with van der Waals surface area (Å²) in [5.74, 6) is 0. The lowest BCUT2D eigenvalue weighted by molar-refractivity contribution is 0.279. The Morgan fingerprint density at radius 3 is 2.68 bits per heavy atom. The zero-order valence-electron chi connectivity index (χ0n) is 12.5. The molecule has 2 aromatic rings. The van der Waals surface area contributed by atoms with Gasteiger partial charge in [0.15, 0.2) is 0 Å². The molecule has 0 bridgehead atoms. The van der Waals surface area contributed by atoms with Gasteiger partial charge in [-0.25, -0.2) is 0 Å². The van der Waals surface area contributed by atoms with Gasteiger partial charge in [0.25, 0.3) is 0 Å². The van der Waals surface area contributed by atoms with E-state index in [0.29, 0.717) is 6.04 Å². The summed E-state index contributed by atoms with van der Waals surface area (Å²) in [6, 6.07) is 9.08. The molecule has 1 aromatic carbocycles. The molecule has 0 saturated carbocycles.